The van der Waals surface area contributed by atoms with Gasteiger partial charge in [0, 0.05) is 23.2 Å². The van der Waals surface area contributed by atoms with Crippen LogP contribution in [0.4, 0.5) is 5.69 Å². The third kappa shape index (κ3) is 3.35. The van der Waals surface area contributed by atoms with E-state index >= 15 is 0 Å². The summed E-state index contributed by atoms with van der Waals surface area (Å²) in [6.45, 7) is 10.0. The third-order valence-electron chi connectivity index (χ3n) is 7.19. The monoisotopic (exact) mass is 449 g/mol. The summed E-state index contributed by atoms with van der Waals surface area (Å²) in [4.78, 5) is 18.4. The van der Waals surface area contributed by atoms with Crippen molar-refractivity contribution in [2.75, 3.05) is 31.1 Å². The summed E-state index contributed by atoms with van der Waals surface area (Å²) in [5, 5.41) is 4.77. The first-order valence-corrected chi connectivity index (χ1v) is 11.7. The molecule has 2 aliphatic rings. The summed E-state index contributed by atoms with van der Waals surface area (Å²) < 4.78 is 5.50. The fraction of sp³-hybridized carbons (Fsp3) is 0.385. The number of likely N-dealkylation sites (tertiary alicyclic amines) is 1. The Morgan fingerprint density at radius 2 is 1.91 bits per heavy atom. The molecule has 1 fully saturated rings. The lowest BCUT2D eigenvalue weighted by atomic mass is 9.74. The predicted octanol–water partition coefficient (Wildman–Crippen LogP) is 5.63. The van der Waals surface area contributed by atoms with Crippen molar-refractivity contribution in [1.82, 2.24) is 10.1 Å². The van der Waals surface area contributed by atoms with Crippen molar-refractivity contribution in [3.8, 4) is 11.3 Å². The number of benzene rings is 2. The van der Waals surface area contributed by atoms with Gasteiger partial charge in [-0.15, -0.1) is 0 Å². The molecule has 0 unspecified atom stereocenters. The highest BCUT2D eigenvalue weighted by Crippen LogP contribution is 2.48. The maximum Gasteiger partial charge on any atom is 0.264 e. The van der Waals surface area contributed by atoms with Crippen LogP contribution in [0.1, 0.15) is 47.0 Å². The van der Waals surface area contributed by atoms with E-state index in [-0.39, 0.29) is 11.3 Å². The molecule has 32 heavy (non-hydrogen) atoms. The van der Waals surface area contributed by atoms with E-state index in [1.807, 2.05) is 23.1 Å². The molecular formula is C26H28ClN3O2. The average molecular weight is 450 g/mol. The van der Waals surface area contributed by atoms with Crippen LogP contribution in [0, 0.1) is 13.8 Å². The number of rotatable bonds is 3. The molecule has 0 N–H and O–H groups in total. The van der Waals surface area contributed by atoms with Crippen LogP contribution in [0.25, 0.3) is 11.3 Å². The standard InChI is InChI=1S/C26H28ClN3O2/c1-4-29-13-11-26(12-14-29)16-30(22-10-9-17(2)15-20(22)26)25(31)23-18(3)32-28-24(23)19-7-5-6-8-21(19)27/h5-10,15H,4,11-14,16H2,1-3H3. The van der Waals surface area contributed by atoms with Gasteiger partial charge in [-0.05, 0) is 64.0 Å². The van der Waals surface area contributed by atoms with Gasteiger partial charge >= 0.3 is 0 Å². The molecule has 2 aliphatic heterocycles. The first-order chi connectivity index (χ1) is 15.4. The van der Waals surface area contributed by atoms with Crippen LogP contribution in [0.5, 0.6) is 0 Å². The number of hydrogen-bond donors (Lipinski definition) is 0. The minimum atomic E-state index is -0.0708. The highest BCUT2D eigenvalue weighted by atomic mass is 35.5. The Bertz CT molecular complexity index is 1180. The molecule has 0 radical (unpaired) electrons. The highest BCUT2D eigenvalue weighted by molar-refractivity contribution is 6.33. The van der Waals surface area contributed by atoms with Crippen molar-refractivity contribution in [2.24, 2.45) is 0 Å². The van der Waals surface area contributed by atoms with Crippen molar-refractivity contribution in [1.29, 1.82) is 0 Å². The van der Waals surface area contributed by atoms with E-state index in [0.717, 1.165) is 38.2 Å². The van der Waals surface area contributed by atoms with E-state index in [9.17, 15) is 4.79 Å². The summed E-state index contributed by atoms with van der Waals surface area (Å²) in [5.74, 6) is 0.443. The summed E-state index contributed by atoms with van der Waals surface area (Å²) >= 11 is 6.44. The Hall–Kier alpha value is -2.63. The second kappa shape index (κ2) is 8.05. The second-order valence-electron chi connectivity index (χ2n) is 9.07. The van der Waals surface area contributed by atoms with Crippen LogP contribution in [0.2, 0.25) is 5.02 Å². The van der Waals surface area contributed by atoms with Crippen molar-refractivity contribution in [3.63, 3.8) is 0 Å². The SMILES string of the molecule is CCN1CCC2(CC1)CN(C(=O)c1c(-c3ccccc3Cl)noc1C)c1ccc(C)cc12. The van der Waals surface area contributed by atoms with Gasteiger partial charge in [-0.25, -0.2) is 0 Å². The van der Waals surface area contributed by atoms with Gasteiger partial charge in [-0.1, -0.05) is 59.6 Å². The third-order valence-corrected chi connectivity index (χ3v) is 7.52. The lowest BCUT2D eigenvalue weighted by molar-refractivity contribution is 0.0976. The molecule has 3 aromatic rings. The predicted molar refractivity (Wildman–Crippen MR) is 128 cm³/mol. The van der Waals surface area contributed by atoms with Gasteiger partial charge in [0.15, 0.2) is 0 Å². The van der Waals surface area contributed by atoms with E-state index in [4.69, 9.17) is 16.1 Å². The number of aryl methyl sites for hydroxylation is 2. The molecule has 5 rings (SSSR count). The van der Waals surface area contributed by atoms with Crippen LogP contribution < -0.4 is 4.90 Å². The number of fused-ring (bicyclic) bond motifs is 2. The number of carbonyl (C=O) groups excluding carboxylic acids is 1. The molecule has 1 spiro atoms. The van der Waals surface area contributed by atoms with Gasteiger partial charge in [0.2, 0.25) is 0 Å². The van der Waals surface area contributed by atoms with Crippen LogP contribution in [-0.2, 0) is 5.41 Å². The minimum Gasteiger partial charge on any atom is -0.360 e. The lowest BCUT2D eigenvalue weighted by Crippen LogP contribution is -2.46. The number of carbonyl (C=O) groups is 1. The number of aromatic nitrogens is 1. The topological polar surface area (TPSA) is 49.6 Å². The second-order valence-corrected chi connectivity index (χ2v) is 9.48. The largest absolute Gasteiger partial charge is 0.360 e. The normalized spacial score (nSPS) is 17.7. The Morgan fingerprint density at radius 3 is 2.62 bits per heavy atom. The molecule has 2 aromatic carbocycles. The molecule has 1 aromatic heterocycles. The Labute approximate surface area is 193 Å². The van der Waals surface area contributed by atoms with E-state index in [2.05, 4.69) is 42.1 Å². The number of piperidine rings is 1. The Kier molecular flexibility index (Phi) is 5.34. The number of amides is 1. The van der Waals surface area contributed by atoms with E-state index in [1.165, 1.54) is 11.1 Å². The average Bonchev–Trinajstić information content (AvgIpc) is 3.32. The van der Waals surface area contributed by atoms with Gasteiger partial charge < -0.3 is 14.3 Å². The zero-order chi connectivity index (χ0) is 22.5. The van der Waals surface area contributed by atoms with Crippen molar-refractivity contribution < 1.29 is 9.32 Å². The van der Waals surface area contributed by atoms with Crippen molar-refractivity contribution >= 4 is 23.2 Å². The Balaban J connectivity index is 1.57. The summed E-state index contributed by atoms with van der Waals surface area (Å²) in [6, 6.07) is 13.9. The molecule has 0 atom stereocenters. The maximum atomic E-state index is 14.0. The minimum absolute atomic E-state index is 0.00168. The molecule has 0 aliphatic carbocycles. The van der Waals surface area contributed by atoms with Gasteiger partial charge in [0.05, 0.1) is 5.02 Å². The quantitative estimate of drug-likeness (QED) is 0.520. The van der Waals surface area contributed by atoms with Crippen LogP contribution >= 0.6 is 11.6 Å². The van der Waals surface area contributed by atoms with Crippen molar-refractivity contribution in [3.05, 3.63) is 69.9 Å². The van der Waals surface area contributed by atoms with E-state index in [1.54, 1.807) is 13.0 Å². The molecule has 6 heteroatoms. The van der Waals surface area contributed by atoms with Gasteiger partial charge in [-0.3, -0.25) is 4.79 Å². The smallest absolute Gasteiger partial charge is 0.264 e. The van der Waals surface area contributed by atoms with Gasteiger partial charge in [-0.2, -0.15) is 0 Å². The molecule has 166 valence electrons. The summed E-state index contributed by atoms with van der Waals surface area (Å²) in [6.07, 6.45) is 2.11. The summed E-state index contributed by atoms with van der Waals surface area (Å²) in [7, 11) is 0. The molecule has 0 saturated carbocycles. The molecular weight excluding hydrogens is 422 g/mol. The zero-order valence-corrected chi connectivity index (χ0v) is 19.6. The van der Waals surface area contributed by atoms with Crippen LogP contribution in [-0.4, -0.2) is 42.1 Å². The Morgan fingerprint density at radius 1 is 1.16 bits per heavy atom. The van der Waals surface area contributed by atoms with Crippen LogP contribution in [0.15, 0.2) is 47.0 Å². The molecule has 3 heterocycles. The van der Waals surface area contributed by atoms with Gasteiger partial charge in [0.1, 0.15) is 17.0 Å². The molecule has 1 saturated heterocycles. The highest BCUT2D eigenvalue weighted by Gasteiger charge is 2.47. The zero-order valence-electron chi connectivity index (χ0n) is 18.8. The first kappa shape index (κ1) is 21.2. The van der Waals surface area contributed by atoms with Gasteiger partial charge in [0.25, 0.3) is 5.91 Å². The lowest BCUT2D eigenvalue weighted by Gasteiger charge is -2.39. The maximum absolute atomic E-state index is 14.0. The molecule has 5 nitrogen and oxygen atoms in total. The fourth-order valence-corrected chi connectivity index (χ4v) is 5.51. The first-order valence-electron chi connectivity index (χ1n) is 11.3. The molecule has 0 bridgehead atoms. The van der Waals surface area contributed by atoms with E-state index < -0.39 is 0 Å². The summed E-state index contributed by atoms with van der Waals surface area (Å²) in [5.41, 5.74) is 5.25. The number of halogens is 1. The van der Waals surface area contributed by atoms with Crippen LogP contribution in [0.3, 0.4) is 0 Å². The van der Waals surface area contributed by atoms with Crippen molar-refractivity contribution in [2.45, 2.75) is 39.0 Å². The number of nitrogens with zero attached hydrogens (tertiary/aromatic N) is 3. The molecule has 1 amide bonds. The number of hydrogen-bond acceptors (Lipinski definition) is 4. The fourth-order valence-electron chi connectivity index (χ4n) is 5.29. The van der Waals surface area contributed by atoms with E-state index in [0.29, 0.717) is 34.1 Å². The number of anilines is 1.